The van der Waals surface area contributed by atoms with Gasteiger partial charge >= 0.3 is 0 Å². The second-order valence-corrected chi connectivity index (χ2v) is 7.92. The van der Waals surface area contributed by atoms with Gasteiger partial charge in [0.25, 0.3) is 0 Å². The monoisotopic (exact) mass is 410 g/mol. The quantitative estimate of drug-likeness (QED) is 0.813. The molecule has 1 saturated heterocycles. The van der Waals surface area contributed by atoms with E-state index in [4.69, 9.17) is 10.00 Å². The van der Waals surface area contributed by atoms with Crippen LogP contribution in [0.3, 0.4) is 0 Å². The fraction of sp³-hybridized carbons (Fsp3) is 0.333. The molecule has 26 heavy (non-hydrogen) atoms. The molecular weight excluding hydrogens is 392 g/mol. The van der Waals surface area contributed by atoms with Gasteiger partial charge in [-0.3, -0.25) is 4.79 Å². The first kappa shape index (κ1) is 17.3. The highest BCUT2D eigenvalue weighted by molar-refractivity contribution is 9.10. The van der Waals surface area contributed by atoms with Crippen molar-refractivity contribution in [2.24, 2.45) is 5.92 Å². The molecule has 1 aliphatic heterocycles. The molecule has 2 aromatic rings. The SMILES string of the molecule is N#Cc1cccc([C@@]2(CNC(=O)[C@H]3C[C@@H]3c3ccc(Br)cc3)CCO2)c1. The predicted octanol–water partition coefficient (Wildman–Crippen LogP) is 3.86. The van der Waals surface area contributed by atoms with Gasteiger partial charge in [-0.25, -0.2) is 0 Å². The zero-order valence-electron chi connectivity index (χ0n) is 14.2. The molecule has 4 rings (SSSR count). The predicted molar refractivity (Wildman–Crippen MR) is 101 cm³/mol. The smallest absolute Gasteiger partial charge is 0.223 e. The average molecular weight is 411 g/mol. The summed E-state index contributed by atoms with van der Waals surface area (Å²) in [5.41, 5.74) is 2.29. The normalized spacial score (nSPS) is 26.5. The van der Waals surface area contributed by atoms with E-state index in [2.05, 4.69) is 39.4 Å². The Morgan fingerprint density at radius 2 is 2.08 bits per heavy atom. The van der Waals surface area contributed by atoms with Crippen molar-refractivity contribution in [2.75, 3.05) is 13.2 Å². The van der Waals surface area contributed by atoms with Crippen molar-refractivity contribution in [1.82, 2.24) is 5.32 Å². The van der Waals surface area contributed by atoms with Crippen LogP contribution in [0, 0.1) is 17.2 Å². The number of ether oxygens (including phenoxy) is 1. The molecule has 1 heterocycles. The summed E-state index contributed by atoms with van der Waals surface area (Å²) < 4.78 is 6.90. The lowest BCUT2D eigenvalue weighted by atomic mass is 9.85. The third-order valence-electron chi connectivity index (χ3n) is 5.38. The van der Waals surface area contributed by atoms with Crippen molar-refractivity contribution < 1.29 is 9.53 Å². The number of nitrogens with zero attached hydrogens (tertiary/aromatic N) is 1. The Kier molecular flexibility index (Phi) is 4.56. The number of nitriles is 1. The van der Waals surface area contributed by atoms with Gasteiger partial charge < -0.3 is 10.1 Å². The van der Waals surface area contributed by atoms with Crippen molar-refractivity contribution in [3.05, 3.63) is 69.7 Å². The number of amides is 1. The van der Waals surface area contributed by atoms with Crippen LogP contribution in [0.4, 0.5) is 0 Å². The number of carbonyl (C=O) groups is 1. The van der Waals surface area contributed by atoms with Crippen LogP contribution in [0.1, 0.15) is 35.4 Å². The van der Waals surface area contributed by atoms with Crippen LogP contribution >= 0.6 is 15.9 Å². The molecule has 4 nitrogen and oxygen atoms in total. The Labute approximate surface area is 161 Å². The van der Waals surface area contributed by atoms with E-state index >= 15 is 0 Å². The van der Waals surface area contributed by atoms with Crippen molar-refractivity contribution in [2.45, 2.75) is 24.4 Å². The van der Waals surface area contributed by atoms with Crippen LogP contribution in [0.15, 0.2) is 53.0 Å². The number of rotatable bonds is 5. The topological polar surface area (TPSA) is 62.1 Å². The van der Waals surface area contributed by atoms with Crippen LogP contribution in [-0.2, 0) is 15.1 Å². The largest absolute Gasteiger partial charge is 0.368 e. The Bertz CT molecular complexity index is 868. The summed E-state index contributed by atoms with van der Waals surface area (Å²) in [6.07, 6.45) is 1.74. The molecule has 5 heteroatoms. The molecule has 2 fully saturated rings. The summed E-state index contributed by atoms with van der Waals surface area (Å²) in [6.45, 7) is 1.13. The molecule has 3 atom stereocenters. The summed E-state index contributed by atoms with van der Waals surface area (Å²) in [4.78, 5) is 12.6. The van der Waals surface area contributed by atoms with Gasteiger partial charge in [0.2, 0.25) is 5.91 Å². The molecule has 1 saturated carbocycles. The van der Waals surface area contributed by atoms with Gasteiger partial charge in [-0.1, -0.05) is 40.2 Å². The molecule has 2 aromatic carbocycles. The number of carbonyl (C=O) groups excluding carboxylic acids is 1. The fourth-order valence-electron chi connectivity index (χ4n) is 3.61. The van der Waals surface area contributed by atoms with E-state index in [0.717, 1.165) is 22.9 Å². The maximum absolute atomic E-state index is 12.6. The van der Waals surface area contributed by atoms with Crippen LogP contribution in [0.25, 0.3) is 0 Å². The van der Waals surface area contributed by atoms with E-state index < -0.39 is 5.60 Å². The van der Waals surface area contributed by atoms with E-state index in [0.29, 0.717) is 24.6 Å². The van der Waals surface area contributed by atoms with Gasteiger partial charge in [0.15, 0.2) is 0 Å². The van der Waals surface area contributed by atoms with Gasteiger partial charge in [0.1, 0.15) is 5.60 Å². The standard InChI is InChI=1S/C21H19BrN2O2/c22-17-6-4-15(5-7-17)18-11-19(18)20(25)24-13-21(8-9-26-21)16-3-1-2-14(10-16)12-23/h1-7,10,18-19H,8-9,11,13H2,(H,24,25)/t18-,19+,21+/m1/s1. The Hall–Kier alpha value is -2.16. The number of hydrogen-bond acceptors (Lipinski definition) is 3. The highest BCUT2D eigenvalue weighted by atomic mass is 79.9. The molecule has 0 unspecified atom stereocenters. The van der Waals surface area contributed by atoms with Crippen molar-refractivity contribution >= 4 is 21.8 Å². The summed E-state index contributed by atoms with van der Waals surface area (Å²) in [6, 6.07) is 17.8. The Morgan fingerprint density at radius 1 is 1.31 bits per heavy atom. The summed E-state index contributed by atoms with van der Waals surface area (Å²) in [5.74, 6) is 0.436. The first-order chi connectivity index (χ1) is 12.6. The van der Waals surface area contributed by atoms with E-state index in [1.807, 2.05) is 30.3 Å². The van der Waals surface area contributed by atoms with Crippen molar-refractivity contribution in [3.63, 3.8) is 0 Å². The first-order valence-electron chi connectivity index (χ1n) is 8.79. The lowest BCUT2D eigenvalue weighted by molar-refractivity contribution is -0.155. The van der Waals surface area contributed by atoms with Crippen LogP contribution in [0.2, 0.25) is 0 Å². The molecule has 2 aliphatic rings. The third kappa shape index (κ3) is 3.27. The molecule has 1 aliphatic carbocycles. The lowest BCUT2D eigenvalue weighted by Crippen LogP contribution is -2.50. The summed E-state index contributed by atoms with van der Waals surface area (Å²) in [5, 5.41) is 12.2. The Balaban J connectivity index is 1.39. The van der Waals surface area contributed by atoms with E-state index in [9.17, 15) is 4.79 Å². The minimum Gasteiger partial charge on any atom is -0.368 e. The molecule has 0 radical (unpaired) electrons. The fourth-order valence-corrected chi connectivity index (χ4v) is 3.88. The van der Waals surface area contributed by atoms with Gasteiger partial charge in [0.05, 0.1) is 24.8 Å². The van der Waals surface area contributed by atoms with Crippen molar-refractivity contribution in [3.8, 4) is 6.07 Å². The third-order valence-corrected chi connectivity index (χ3v) is 5.90. The zero-order valence-corrected chi connectivity index (χ0v) is 15.8. The summed E-state index contributed by atoms with van der Waals surface area (Å²) >= 11 is 3.44. The number of benzene rings is 2. The van der Waals surface area contributed by atoms with Gasteiger partial charge in [-0.15, -0.1) is 0 Å². The number of halogens is 1. The zero-order chi connectivity index (χ0) is 18.1. The Morgan fingerprint density at radius 3 is 2.73 bits per heavy atom. The average Bonchev–Trinajstić information content (AvgIpc) is 3.42. The molecule has 1 amide bonds. The summed E-state index contributed by atoms with van der Waals surface area (Å²) in [7, 11) is 0. The van der Waals surface area contributed by atoms with Gasteiger partial charge in [0, 0.05) is 16.8 Å². The highest BCUT2D eigenvalue weighted by Crippen LogP contribution is 2.48. The number of nitrogens with one attached hydrogen (secondary N) is 1. The molecular formula is C21H19BrN2O2. The van der Waals surface area contributed by atoms with E-state index in [-0.39, 0.29) is 11.8 Å². The van der Waals surface area contributed by atoms with Crippen molar-refractivity contribution in [1.29, 1.82) is 5.26 Å². The minimum atomic E-state index is -0.496. The first-order valence-corrected chi connectivity index (χ1v) is 9.58. The highest BCUT2D eigenvalue weighted by Gasteiger charge is 2.46. The second-order valence-electron chi connectivity index (χ2n) is 7.00. The molecule has 0 spiro atoms. The van der Waals surface area contributed by atoms with E-state index in [1.165, 1.54) is 5.56 Å². The maximum atomic E-state index is 12.6. The molecule has 132 valence electrons. The molecule has 0 bridgehead atoms. The number of hydrogen-bond donors (Lipinski definition) is 1. The van der Waals surface area contributed by atoms with Crippen LogP contribution in [-0.4, -0.2) is 19.1 Å². The maximum Gasteiger partial charge on any atom is 0.223 e. The van der Waals surface area contributed by atoms with Gasteiger partial charge in [-0.05, 0) is 47.7 Å². The second kappa shape index (κ2) is 6.86. The van der Waals surface area contributed by atoms with E-state index in [1.54, 1.807) is 6.07 Å². The molecule has 0 aromatic heterocycles. The lowest BCUT2D eigenvalue weighted by Gasteiger charge is -2.42. The van der Waals surface area contributed by atoms with Crippen LogP contribution < -0.4 is 5.32 Å². The minimum absolute atomic E-state index is 0.0405. The van der Waals surface area contributed by atoms with Gasteiger partial charge in [-0.2, -0.15) is 5.26 Å². The van der Waals surface area contributed by atoms with Crippen LogP contribution in [0.5, 0.6) is 0 Å². The molecule has 1 N–H and O–H groups in total.